The van der Waals surface area contributed by atoms with E-state index in [1.807, 2.05) is 6.92 Å². The van der Waals surface area contributed by atoms with Gasteiger partial charge in [-0.25, -0.2) is 8.42 Å². The molecular weight excluding hydrogens is 422 g/mol. The number of likely N-dealkylation sites (tertiary alicyclic amines) is 1. The number of hydrogen-bond donors (Lipinski definition) is 1. The van der Waals surface area contributed by atoms with Crippen LogP contribution in [0.5, 0.6) is 0 Å². The number of sulfonamides is 1. The zero-order valence-corrected chi connectivity index (χ0v) is 19.8. The summed E-state index contributed by atoms with van der Waals surface area (Å²) < 4.78 is 27.7. The second-order valence-corrected chi connectivity index (χ2v) is 11.0. The van der Waals surface area contributed by atoms with Crippen molar-refractivity contribution in [3.63, 3.8) is 0 Å². The van der Waals surface area contributed by atoms with Gasteiger partial charge in [-0.15, -0.1) is 0 Å². The number of amides is 1. The lowest BCUT2D eigenvalue weighted by atomic mass is 10.0. The summed E-state index contributed by atoms with van der Waals surface area (Å²) in [5, 5.41) is 2.97. The third-order valence-electron chi connectivity index (χ3n) is 6.57. The highest BCUT2D eigenvalue weighted by Crippen LogP contribution is 2.32. The Morgan fingerprint density at radius 3 is 2.53 bits per heavy atom. The Kier molecular flexibility index (Phi) is 6.98. The molecule has 2 heterocycles. The van der Waals surface area contributed by atoms with Crippen LogP contribution in [0.25, 0.3) is 0 Å². The predicted octanol–water partition coefficient (Wildman–Crippen LogP) is 4.25. The van der Waals surface area contributed by atoms with Crippen molar-refractivity contribution >= 4 is 21.6 Å². The summed E-state index contributed by atoms with van der Waals surface area (Å²) in [5.41, 5.74) is 3.90. The van der Waals surface area contributed by atoms with Crippen LogP contribution >= 0.6 is 0 Å². The molecule has 2 saturated heterocycles. The van der Waals surface area contributed by atoms with Crippen LogP contribution in [0.1, 0.15) is 54.8 Å². The van der Waals surface area contributed by atoms with Crippen molar-refractivity contribution in [1.82, 2.24) is 9.21 Å². The van der Waals surface area contributed by atoms with Crippen molar-refractivity contribution in [3.05, 3.63) is 59.2 Å². The van der Waals surface area contributed by atoms with Crippen LogP contribution in [-0.4, -0.2) is 49.7 Å². The van der Waals surface area contributed by atoms with E-state index in [4.69, 9.17) is 0 Å². The molecule has 0 aliphatic carbocycles. The minimum absolute atomic E-state index is 0.111. The van der Waals surface area contributed by atoms with E-state index in [1.54, 1.807) is 22.5 Å². The zero-order valence-electron chi connectivity index (χ0n) is 19.0. The van der Waals surface area contributed by atoms with Gasteiger partial charge in [0, 0.05) is 24.8 Å². The molecule has 0 bridgehead atoms. The van der Waals surface area contributed by atoms with Gasteiger partial charge in [-0.3, -0.25) is 9.69 Å². The predicted molar refractivity (Wildman–Crippen MR) is 127 cm³/mol. The topological polar surface area (TPSA) is 69.7 Å². The number of piperidine rings is 1. The Balaban J connectivity index is 1.46. The van der Waals surface area contributed by atoms with Gasteiger partial charge in [0.1, 0.15) is 0 Å². The molecule has 0 saturated carbocycles. The van der Waals surface area contributed by atoms with Crippen LogP contribution in [-0.2, 0) is 14.8 Å². The van der Waals surface area contributed by atoms with E-state index in [2.05, 4.69) is 41.4 Å². The third-order valence-corrected chi connectivity index (χ3v) is 8.47. The molecule has 0 radical (unpaired) electrons. The lowest BCUT2D eigenvalue weighted by Crippen LogP contribution is -2.35. The van der Waals surface area contributed by atoms with Crippen LogP contribution in [0, 0.1) is 13.8 Å². The van der Waals surface area contributed by atoms with E-state index in [-0.39, 0.29) is 16.8 Å². The van der Waals surface area contributed by atoms with Gasteiger partial charge in [0.2, 0.25) is 15.9 Å². The smallest absolute Gasteiger partial charge is 0.243 e. The SMILES string of the molecule is Cc1cccc(C2CCCN2CC(=O)Nc2cc(S(=O)(=O)N3CCCCC3)ccc2C)c1. The Bertz CT molecular complexity index is 1080. The van der Waals surface area contributed by atoms with Crippen molar-refractivity contribution in [1.29, 1.82) is 0 Å². The molecular formula is C25H33N3O3S. The van der Waals surface area contributed by atoms with Gasteiger partial charge in [-0.2, -0.15) is 4.31 Å². The summed E-state index contributed by atoms with van der Waals surface area (Å²) in [6.45, 7) is 6.28. The molecule has 7 heteroatoms. The van der Waals surface area contributed by atoms with Gasteiger partial charge in [0.05, 0.1) is 11.4 Å². The summed E-state index contributed by atoms with van der Waals surface area (Å²) >= 11 is 0. The maximum atomic E-state index is 13.0. The molecule has 2 aliphatic heterocycles. The fourth-order valence-electron chi connectivity index (χ4n) is 4.80. The molecule has 0 aromatic heterocycles. The third kappa shape index (κ3) is 5.05. The summed E-state index contributed by atoms with van der Waals surface area (Å²) in [7, 11) is -3.54. The van der Waals surface area contributed by atoms with Crippen molar-refractivity contribution in [2.24, 2.45) is 0 Å². The van der Waals surface area contributed by atoms with Gasteiger partial charge < -0.3 is 5.32 Å². The summed E-state index contributed by atoms with van der Waals surface area (Å²) in [6.07, 6.45) is 4.97. The molecule has 4 rings (SSSR count). The first-order chi connectivity index (χ1) is 15.3. The number of anilines is 1. The van der Waals surface area contributed by atoms with Crippen LogP contribution in [0.3, 0.4) is 0 Å². The number of aryl methyl sites for hydroxylation is 2. The average Bonchev–Trinajstić information content (AvgIpc) is 3.23. The van der Waals surface area contributed by atoms with Gasteiger partial charge >= 0.3 is 0 Å². The Hall–Kier alpha value is -2.22. The second kappa shape index (κ2) is 9.73. The minimum Gasteiger partial charge on any atom is -0.325 e. The van der Waals surface area contributed by atoms with Crippen LogP contribution < -0.4 is 5.32 Å². The van der Waals surface area contributed by atoms with Crippen LogP contribution in [0.2, 0.25) is 0 Å². The fraction of sp³-hybridized carbons (Fsp3) is 0.480. The molecule has 1 N–H and O–H groups in total. The molecule has 0 spiro atoms. The Morgan fingerprint density at radius 1 is 1.00 bits per heavy atom. The monoisotopic (exact) mass is 455 g/mol. The number of carbonyl (C=O) groups excluding carboxylic acids is 1. The van der Waals surface area contributed by atoms with Crippen molar-refractivity contribution < 1.29 is 13.2 Å². The standard InChI is InChI=1S/C25H33N3O3S/c1-19-8-6-9-21(16-19)24-10-7-13-27(24)18-25(29)26-23-17-22(12-11-20(23)2)32(30,31)28-14-4-3-5-15-28/h6,8-9,11-12,16-17,24H,3-5,7,10,13-15,18H2,1-2H3,(H,26,29). The van der Waals surface area contributed by atoms with Crippen molar-refractivity contribution in [3.8, 4) is 0 Å². The molecule has 1 amide bonds. The molecule has 172 valence electrons. The quantitative estimate of drug-likeness (QED) is 0.707. The first-order valence-corrected chi connectivity index (χ1v) is 13.0. The molecule has 1 atom stereocenters. The maximum absolute atomic E-state index is 13.0. The molecule has 6 nitrogen and oxygen atoms in total. The van der Waals surface area contributed by atoms with E-state index in [0.717, 1.165) is 44.2 Å². The number of benzene rings is 2. The summed E-state index contributed by atoms with van der Waals surface area (Å²) in [4.78, 5) is 15.4. The van der Waals surface area contributed by atoms with E-state index in [1.165, 1.54) is 11.1 Å². The lowest BCUT2D eigenvalue weighted by molar-refractivity contribution is -0.117. The van der Waals surface area contributed by atoms with Crippen LogP contribution in [0.15, 0.2) is 47.4 Å². The Morgan fingerprint density at radius 2 is 1.78 bits per heavy atom. The number of hydrogen-bond acceptors (Lipinski definition) is 4. The summed E-state index contributed by atoms with van der Waals surface area (Å²) in [6, 6.07) is 13.8. The first kappa shape index (κ1) is 23.0. The van der Waals surface area contributed by atoms with E-state index in [9.17, 15) is 13.2 Å². The van der Waals surface area contributed by atoms with Gasteiger partial charge in [0.25, 0.3) is 0 Å². The largest absolute Gasteiger partial charge is 0.325 e. The molecule has 2 aromatic carbocycles. The minimum atomic E-state index is -3.54. The highest BCUT2D eigenvalue weighted by molar-refractivity contribution is 7.89. The van der Waals surface area contributed by atoms with E-state index >= 15 is 0 Å². The van der Waals surface area contributed by atoms with Gasteiger partial charge in [-0.05, 0) is 69.3 Å². The van der Waals surface area contributed by atoms with Crippen LogP contribution in [0.4, 0.5) is 5.69 Å². The van der Waals surface area contributed by atoms with Gasteiger partial charge in [0.15, 0.2) is 0 Å². The molecule has 2 aliphatic rings. The number of rotatable bonds is 6. The fourth-order valence-corrected chi connectivity index (χ4v) is 6.34. The first-order valence-electron chi connectivity index (χ1n) is 11.6. The van der Waals surface area contributed by atoms with E-state index in [0.29, 0.717) is 25.3 Å². The second-order valence-electron chi connectivity index (χ2n) is 9.03. The molecule has 1 unspecified atom stereocenters. The maximum Gasteiger partial charge on any atom is 0.243 e. The number of nitrogens with zero attached hydrogens (tertiary/aromatic N) is 2. The highest BCUT2D eigenvalue weighted by Gasteiger charge is 2.29. The van der Waals surface area contributed by atoms with Crippen molar-refractivity contribution in [2.75, 3.05) is 31.5 Å². The lowest BCUT2D eigenvalue weighted by Gasteiger charge is -2.26. The molecule has 2 aromatic rings. The average molecular weight is 456 g/mol. The van der Waals surface area contributed by atoms with Crippen molar-refractivity contribution in [2.45, 2.75) is 56.9 Å². The molecule has 2 fully saturated rings. The van der Waals surface area contributed by atoms with Gasteiger partial charge in [-0.1, -0.05) is 42.3 Å². The zero-order chi connectivity index (χ0) is 22.7. The normalized spacial score (nSPS) is 20.4. The number of carbonyl (C=O) groups is 1. The summed E-state index contributed by atoms with van der Waals surface area (Å²) in [5.74, 6) is -0.111. The highest BCUT2D eigenvalue weighted by atomic mass is 32.2. The molecule has 32 heavy (non-hydrogen) atoms. The number of nitrogens with one attached hydrogen (secondary N) is 1. The Labute approximate surface area is 191 Å². The van der Waals surface area contributed by atoms with E-state index < -0.39 is 10.0 Å².